The summed E-state index contributed by atoms with van der Waals surface area (Å²) in [5.74, 6) is -0.462. The Kier molecular flexibility index (Phi) is 12.1. The Hall–Kier alpha value is -0.706. The van der Waals surface area contributed by atoms with E-state index < -0.39 is 22.0 Å². The maximum absolute atomic E-state index is 12.5. The van der Waals surface area contributed by atoms with Gasteiger partial charge in [0, 0.05) is 7.11 Å². The van der Waals surface area contributed by atoms with Gasteiger partial charge in [0.25, 0.3) is 0 Å². The minimum Gasteiger partial charge on any atom is -0.466 e. The van der Waals surface area contributed by atoms with E-state index in [4.69, 9.17) is 18.3 Å². The molecule has 0 rings (SSSR count). The summed E-state index contributed by atoms with van der Waals surface area (Å²) in [5, 5.41) is 0. The van der Waals surface area contributed by atoms with Gasteiger partial charge in [0.2, 0.25) is 0 Å². The van der Waals surface area contributed by atoms with E-state index in [1.807, 2.05) is 27.7 Å². The number of methoxy groups -OCH3 is 1. The molecule has 0 aromatic rings. The van der Waals surface area contributed by atoms with Gasteiger partial charge >= 0.3 is 11.9 Å². The number of carbonyl (C=O) groups is 2. The molecule has 0 aliphatic carbocycles. The predicted octanol–water partition coefficient (Wildman–Crippen LogP) is 5.39. The summed E-state index contributed by atoms with van der Waals surface area (Å²) in [6.07, 6.45) is 2.46. The first-order chi connectivity index (χ1) is 13.6. The molecule has 0 saturated heterocycles. The summed E-state index contributed by atoms with van der Waals surface area (Å²) in [7, 11) is -1.69. The first-order valence-corrected chi connectivity index (χ1v) is 17.6. The third-order valence-electron chi connectivity index (χ3n) is 5.14. The molecular weight excluding hydrogens is 416 g/mol. The van der Waals surface area contributed by atoms with E-state index in [1.165, 1.54) is 0 Å². The molecule has 0 aromatic carbocycles. The SMILES string of the molecule is CCC(C)(CC(=O)OCCC[Si](C)(C)O[Si](C)(C)C)CC(C)(C)C(=O)OCCOC. The van der Waals surface area contributed by atoms with Crippen LogP contribution in [0.25, 0.3) is 0 Å². The number of rotatable bonds is 15. The fraction of sp³-hybridized carbons (Fsp3) is 0.909. The van der Waals surface area contributed by atoms with Crippen LogP contribution in [-0.4, -0.2) is 55.5 Å². The van der Waals surface area contributed by atoms with Crippen molar-refractivity contribution in [3.05, 3.63) is 0 Å². The average molecular weight is 463 g/mol. The maximum Gasteiger partial charge on any atom is 0.311 e. The number of hydrogen-bond acceptors (Lipinski definition) is 6. The largest absolute Gasteiger partial charge is 0.466 e. The minimum absolute atomic E-state index is 0.200. The van der Waals surface area contributed by atoms with Gasteiger partial charge in [0.15, 0.2) is 16.6 Å². The van der Waals surface area contributed by atoms with Gasteiger partial charge in [0.05, 0.1) is 25.0 Å². The molecule has 0 radical (unpaired) electrons. The van der Waals surface area contributed by atoms with Crippen molar-refractivity contribution < 1.29 is 27.9 Å². The van der Waals surface area contributed by atoms with Crippen molar-refractivity contribution in [3.8, 4) is 0 Å². The van der Waals surface area contributed by atoms with Crippen LogP contribution in [-0.2, 0) is 27.9 Å². The molecule has 0 aromatic heterocycles. The van der Waals surface area contributed by atoms with Gasteiger partial charge in [-0.2, -0.15) is 0 Å². The zero-order valence-electron chi connectivity index (χ0n) is 21.1. The lowest BCUT2D eigenvalue weighted by atomic mass is 9.70. The van der Waals surface area contributed by atoms with E-state index in [1.54, 1.807) is 7.11 Å². The zero-order chi connectivity index (χ0) is 23.6. The molecule has 0 heterocycles. The lowest BCUT2D eigenvalue weighted by molar-refractivity contribution is -0.159. The van der Waals surface area contributed by atoms with Gasteiger partial charge in [-0.1, -0.05) is 20.3 Å². The summed E-state index contributed by atoms with van der Waals surface area (Å²) in [6, 6.07) is 0.982. The fourth-order valence-corrected chi connectivity index (χ4v) is 11.9. The van der Waals surface area contributed by atoms with E-state index in [9.17, 15) is 9.59 Å². The van der Waals surface area contributed by atoms with Crippen LogP contribution in [0, 0.1) is 10.8 Å². The molecule has 0 aliphatic rings. The second-order valence-electron chi connectivity index (χ2n) is 10.8. The summed E-state index contributed by atoms with van der Waals surface area (Å²) in [4.78, 5) is 24.9. The van der Waals surface area contributed by atoms with Gasteiger partial charge in [0.1, 0.15) is 6.61 Å². The first kappa shape index (κ1) is 29.3. The fourth-order valence-electron chi connectivity index (χ4n) is 3.83. The molecular formula is C22H46O6Si2. The highest BCUT2D eigenvalue weighted by molar-refractivity contribution is 6.84. The Morgan fingerprint density at radius 2 is 1.50 bits per heavy atom. The molecule has 0 spiro atoms. The van der Waals surface area contributed by atoms with E-state index >= 15 is 0 Å². The Morgan fingerprint density at radius 1 is 0.900 bits per heavy atom. The highest BCUT2D eigenvalue weighted by Gasteiger charge is 2.39. The van der Waals surface area contributed by atoms with Gasteiger partial charge in [-0.05, 0) is 70.9 Å². The van der Waals surface area contributed by atoms with Crippen LogP contribution >= 0.6 is 0 Å². The monoisotopic (exact) mass is 462 g/mol. The highest BCUT2D eigenvalue weighted by Crippen LogP contribution is 2.40. The van der Waals surface area contributed by atoms with Crippen LogP contribution in [0.1, 0.15) is 53.4 Å². The molecule has 0 bridgehead atoms. The molecule has 0 N–H and O–H groups in total. The van der Waals surface area contributed by atoms with Crippen molar-refractivity contribution in [3.63, 3.8) is 0 Å². The predicted molar refractivity (Wildman–Crippen MR) is 127 cm³/mol. The van der Waals surface area contributed by atoms with E-state index in [0.717, 1.165) is 18.9 Å². The van der Waals surface area contributed by atoms with Crippen molar-refractivity contribution in [1.82, 2.24) is 0 Å². The number of hydrogen-bond donors (Lipinski definition) is 0. The second kappa shape index (κ2) is 12.4. The summed E-state index contributed by atoms with van der Waals surface area (Å²) < 4.78 is 22.1. The smallest absolute Gasteiger partial charge is 0.311 e. The first-order valence-electron chi connectivity index (χ1n) is 11.1. The average Bonchev–Trinajstić information content (AvgIpc) is 2.56. The van der Waals surface area contributed by atoms with Crippen molar-refractivity contribution in [2.45, 2.75) is 92.2 Å². The van der Waals surface area contributed by atoms with Crippen LogP contribution < -0.4 is 0 Å². The van der Waals surface area contributed by atoms with Crippen LogP contribution in [0.3, 0.4) is 0 Å². The third-order valence-corrected chi connectivity index (χ3v) is 11.4. The topological polar surface area (TPSA) is 71.1 Å². The molecule has 30 heavy (non-hydrogen) atoms. The van der Waals surface area contributed by atoms with Crippen molar-refractivity contribution in [2.75, 3.05) is 26.9 Å². The van der Waals surface area contributed by atoms with Crippen LogP contribution in [0.2, 0.25) is 38.8 Å². The number of ether oxygens (including phenoxy) is 3. The Balaban J connectivity index is 4.58. The molecule has 0 amide bonds. The van der Waals surface area contributed by atoms with Crippen molar-refractivity contribution >= 4 is 28.6 Å². The molecule has 178 valence electrons. The minimum atomic E-state index is -1.71. The van der Waals surface area contributed by atoms with Crippen LogP contribution in [0.15, 0.2) is 0 Å². The van der Waals surface area contributed by atoms with Gasteiger partial charge < -0.3 is 18.3 Å². The molecule has 0 saturated carbocycles. The van der Waals surface area contributed by atoms with Gasteiger partial charge in [-0.25, -0.2) is 0 Å². The van der Waals surface area contributed by atoms with E-state index in [0.29, 0.717) is 26.1 Å². The van der Waals surface area contributed by atoms with Crippen molar-refractivity contribution in [2.24, 2.45) is 10.8 Å². The Bertz CT molecular complexity index is 542. The maximum atomic E-state index is 12.5. The van der Waals surface area contributed by atoms with Gasteiger partial charge in [-0.15, -0.1) is 0 Å². The molecule has 1 unspecified atom stereocenters. The third kappa shape index (κ3) is 12.9. The molecule has 1 atom stereocenters. The second-order valence-corrected chi connectivity index (χ2v) is 19.9. The highest BCUT2D eigenvalue weighted by atomic mass is 28.4. The van der Waals surface area contributed by atoms with E-state index in [2.05, 4.69) is 32.7 Å². The summed E-state index contributed by atoms with van der Waals surface area (Å²) in [6.45, 7) is 20.0. The Labute approximate surface area is 186 Å². The van der Waals surface area contributed by atoms with Crippen LogP contribution in [0.4, 0.5) is 0 Å². The lowest BCUT2D eigenvalue weighted by Crippen LogP contribution is -2.42. The Morgan fingerprint density at radius 3 is 2.00 bits per heavy atom. The van der Waals surface area contributed by atoms with Crippen LogP contribution in [0.5, 0.6) is 0 Å². The van der Waals surface area contributed by atoms with Gasteiger partial charge in [-0.3, -0.25) is 9.59 Å². The molecule has 0 fully saturated rings. The normalized spacial score (nSPS) is 14.9. The summed E-state index contributed by atoms with van der Waals surface area (Å²) >= 11 is 0. The molecule has 6 nitrogen and oxygen atoms in total. The van der Waals surface area contributed by atoms with E-state index in [-0.39, 0.29) is 24.0 Å². The molecule has 0 aliphatic heterocycles. The standard InChI is InChI=1S/C22H46O6Si2/c1-11-22(4,18-21(2,3)20(24)27-15-14-25-5)17-19(23)26-13-12-16-30(9,10)28-29(6,7)8/h11-18H2,1-10H3. The molecule has 8 heteroatoms. The number of esters is 2. The zero-order valence-corrected chi connectivity index (χ0v) is 23.1. The lowest BCUT2D eigenvalue weighted by Gasteiger charge is -2.35. The summed E-state index contributed by atoms with van der Waals surface area (Å²) in [5.41, 5.74) is -1.00. The van der Waals surface area contributed by atoms with Crippen molar-refractivity contribution in [1.29, 1.82) is 0 Å². The quantitative estimate of drug-likeness (QED) is 0.185. The number of carbonyl (C=O) groups excluding carboxylic acids is 2.